The number of nitrogens with one attached hydrogen (secondary N) is 1. The summed E-state index contributed by atoms with van der Waals surface area (Å²) in [6.07, 6.45) is 9.03. The van der Waals surface area contributed by atoms with Gasteiger partial charge in [-0.2, -0.15) is 10.2 Å². The van der Waals surface area contributed by atoms with Crippen molar-refractivity contribution in [3.05, 3.63) is 58.6 Å². The number of rotatable bonds is 6. The van der Waals surface area contributed by atoms with Crippen LogP contribution in [0.4, 0.5) is 0 Å². The second kappa shape index (κ2) is 9.56. The Hall–Kier alpha value is -2.61. The largest absolute Gasteiger partial charge is 0.486 e. The molecule has 1 N–H and O–H groups in total. The Morgan fingerprint density at radius 2 is 1.79 bits per heavy atom. The van der Waals surface area contributed by atoms with Gasteiger partial charge in [-0.3, -0.25) is 14.8 Å². The second-order valence-electron chi connectivity index (χ2n) is 9.13. The summed E-state index contributed by atoms with van der Waals surface area (Å²) in [5, 5.41) is 14.3. The van der Waals surface area contributed by atoms with Crippen LogP contribution in [-0.2, 0) is 0 Å². The zero-order valence-corrected chi connectivity index (χ0v) is 21.0. The Labute approximate surface area is 209 Å². The van der Waals surface area contributed by atoms with Crippen LogP contribution < -0.4 is 4.74 Å². The smallest absolute Gasteiger partial charge is 0.124 e. The first-order valence-electron chi connectivity index (χ1n) is 11.6. The van der Waals surface area contributed by atoms with Crippen molar-refractivity contribution in [3.63, 3.8) is 0 Å². The molecule has 178 valence electrons. The Morgan fingerprint density at radius 1 is 1.06 bits per heavy atom. The van der Waals surface area contributed by atoms with Crippen molar-refractivity contribution >= 4 is 34.1 Å². The van der Waals surface area contributed by atoms with Crippen molar-refractivity contribution in [2.24, 2.45) is 0 Å². The summed E-state index contributed by atoms with van der Waals surface area (Å²) in [7, 11) is 0. The normalized spacial score (nSPS) is 16.4. The number of aromatic nitrogens is 5. The van der Waals surface area contributed by atoms with E-state index in [-0.39, 0.29) is 6.10 Å². The molecule has 34 heavy (non-hydrogen) atoms. The molecule has 1 atom stereocenters. The van der Waals surface area contributed by atoms with Crippen LogP contribution in [-0.4, -0.2) is 49.0 Å². The predicted octanol–water partition coefficient (Wildman–Crippen LogP) is 6.31. The number of fused-ring (bicyclic) bond motifs is 1. The lowest BCUT2D eigenvalue weighted by Crippen LogP contribution is -2.39. The van der Waals surface area contributed by atoms with E-state index in [2.05, 4.69) is 49.9 Å². The molecule has 1 aliphatic heterocycles. The first-order chi connectivity index (χ1) is 16.4. The molecule has 1 saturated heterocycles. The summed E-state index contributed by atoms with van der Waals surface area (Å²) in [6.45, 7) is 8.64. The third-order valence-corrected chi connectivity index (χ3v) is 7.22. The lowest BCUT2D eigenvalue weighted by Gasteiger charge is -2.34. The highest BCUT2D eigenvalue weighted by molar-refractivity contribution is 6.35. The zero-order chi connectivity index (χ0) is 23.8. The van der Waals surface area contributed by atoms with E-state index in [1.807, 2.05) is 31.3 Å². The maximum atomic E-state index is 6.31. The number of likely N-dealkylation sites (tertiary alicyclic amines) is 1. The topological polar surface area (TPSA) is 71.9 Å². The average Bonchev–Trinajstić information content (AvgIpc) is 3.46. The van der Waals surface area contributed by atoms with Crippen molar-refractivity contribution < 1.29 is 4.74 Å². The summed E-state index contributed by atoms with van der Waals surface area (Å²) in [4.78, 5) is 6.54. The molecule has 7 nitrogen and oxygen atoms in total. The van der Waals surface area contributed by atoms with E-state index < -0.39 is 0 Å². The van der Waals surface area contributed by atoms with Gasteiger partial charge < -0.3 is 9.64 Å². The quantitative estimate of drug-likeness (QED) is 0.337. The van der Waals surface area contributed by atoms with Crippen molar-refractivity contribution in [3.8, 4) is 17.0 Å². The maximum absolute atomic E-state index is 6.31. The zero-order valence-electron chi connectivity index (χ0n) is 19.5. The summed E-state index contributed by atoms with van der Waals surface area (Å²) in [6, 6.07) is 6.88. The third-order valence-electron chi connectivity index (χ3n) is 6.62. The number of nitrogens with zero attached hydrogens (tertiary/aromatic N) is 5. The lowest BCUT2D eigenvalue weighted by atomic mass is 10.0. The number of halogens is 2. The highest BCUT2D eigenvalue weighted by atomic mass is 35.5. The molecule has 0 radical (unpaired) electrons. The van der Waals surface area contributed by atoms with E-state index in [1.165, 1.54) is 0 Å². The molecule has 0 saturated carbocycles. The van der Waals surface area contributed by atoms with Gasteiger partial charge in [0.15, 0.2) is 0 Å². The van der Waals surface area contributed by atoms with Crippen LogP contribution in [0.2, 0.25) is 10.0 Å². The Kier molecular flexibility index (Phi) is 6.51. The number of H-pyrrole nitrogens is 1. The molecule has 0 amide bonds. The Morgan fingerprint density at radius 3 is 2.50 bits per heavy atom. The van der Waals surface area contributed by atoms with E-state index in [1.54, 1.807) is 12.4 Å². The molecule has 0 unspecified atom stereocenters. The number of hydrogen-bond donors (Lipinski definition) is 1. The van der Waals surface area contributed by atoms with Gasteiger partial charge in [0.2, 0.25) is 0 Å². The van der Waals surface area contributed by atoms with Crippen LogP contribution >= 0.6 is 23.2 Å². The summed E-state index contributed by atoms with van der Waals surface area (Å²) >= 11 is 12.6. The first-order valence-corrected chi connectivity index (χ1v) is 12.4. The summed E-state index contributed by atoms with van der Waals surface area (Å²) < 4.78 is 8.30. The minimum absolute atomic E-state index is 0.338. The highest BCUT2D eigenvalue weighted by Gasteiger charge is 2.23. The third kappa shape index (κ3) is 4.52. The highest BCUT2D eigenvalue weighted by Crippen LogP contribution is 2.35. The molecule has 4 heterocycles. The van der Waals surface area contributed by atoms with Crippen LogP contribution in [0.15, 0.2) is 43.0 Å². The molecular weight excluding hydrogens is 471 g/mol. The van der Waals surface area contributed by atoms with Gasteiger partial charge in [-0.1, -0.05) is 23.2 Å². The summed E-state index contributed by atoms with van der Waals surface area (Å²) in [5.41, 5.74) is 3.51. The monoisotopic (exact) mass is 498 g/mol. The van der Waals surface area contributed by atoms with Crippen molar-refractivity contribution in [2.45, 2.75) is 51.8 Å². The van der Waals surface area contributed by atoms with Gasteiger partial charge in [0.05, 0.1) is 27.8 Å². The number of ether oxygens (including phenoxy) is 1. The van der Waals surface area contributed by atoms with Gasteiger partial charge in [-0.25, -0.2) is 0 Å². The molecule has 0 aliphatic carbocycles. The molecule has 5 rings (SSSR count). The molecule has 3 aromatic heterocycles. The van der Waals surface area contributed by atoms with Crippen molar-refractivity contribution in [2.75, 3.05) is 13.1 Å². The average molecular weight is 499 g/mol. The molecule has 1 fully saturated rings. The number of piperidine rings is 1. The Bertz CT molecular complexity index is 1270. The van der Waals surface area contributed by atoms with E-state index in [0.29, 0.717) is 27.9 Å². The first kappa shape index (κ1) is 23.1. The van der Waals surface area contributed by atoms with Gasteiger partial charge in [-0.15, -0.1) is 0 Å². The van der Waals surface area contributed by atoms with Gasteiger partial charge in [0, 0.05) is 54.2 Å². The summed E-state index contributed by atoms with van der Waals surface area (Å²) in [5.74, 6) is 0.708. The Balaban J connectivity index is 1.37. The molecule has 4 aromatic rings. The predicted molar refractivity (Wildman–Crippen MR) is 136 cm³/mol. The molecule has 9 heteroatoms. The fraction of sp³-hybridized carbons (Fsp3) is 0.400. The van der Waals surface area contributed by atoms with Crippen LogP contribution in [0, 0.1) is 0 Å². The molecular formula is C25H28Cl2N6O. The van der Waals surface area contributed by atoms with Crippen molar-refractivity contribution in [1.82, 2.24) is 29.9 Å². The molecule has 1 aliphatic rings. The number of hydrogen-bond acceptors (Lipinski definition) is 5. The maximum Gasteiger partial charge on any atom is 0.124 e. The van der Waals surface area contributed by atoms with Gasteiger partial charge in [0.1, 0.15) is 17.5 Å². The SMILES string of the molecule is CC(C)N1CCC(n2cc(-c3n[nH]c4ccc(O[C@H](C)c5c(Cl)cncc5Cl)cc34)cn2)CC1. The number of benzene rings is 1. The van der Waals surface area contributed by atoms with Gasteiger partial charge >= 0.3 is 0 Å². The fourth-order valence-corrected chi connectivity index (χ4v) is 5.36. The van der Waals surface area contributed by atoms with Gasteiger partial charge in [0.25, 0.3) is 0 Å². The van der Waals surface area contributed by atoms with E-state index in [4.69, 9.17) is 27.9 Å². The molecule has 1 aromatic carbocycles. The van der Waals surface area contributed by atoms with Crippen LogP contribution in [0.1, 0.15) is 51.3 Å². The van der Waals surface area contributed by atoms with E-state index >= 15 is 0 Å². The van der Waals surface area contributed by atoms with Crippen LogP contribution in [0.25, 0.3) is 22.2 Å². The standard InChI is InChI=1S/C25H28Cl2N6O/c1-15(2)32-8-6-18(7-9-32)33-14-17(11-29-33)25-20-10-19(4-5-23(20)30-31-25)34-16(3)24-21(26)12-28-13-22(24)27/h4-5,10-16,18H,6-9H2,1-3H3,(H,30,31)/t16-/m1/s1. The van der Waals surface area contributed by atoms with Crippen LogP contribution in [0.3, 0.4) is 0 Å². The van der Waals surface area contributed by atoms with Crippen LogP contribution in [0.5, 0.6) is 5.75 Å². The molecule has 0 spiro atoms. The minimum Gasteiger partial charge on any atom is -0.486 e. The van der Waals surface area contributed by atoms with Gasteiger partial charge in [-0.05, 0) is 51.8 Å². The fourth-order valence-electron chi connectivity index (χ4n) is 4.69. The second-order valence-corrected chi connectivity index (χ2v) is 9.94. The lowest BCUT2D eigenvalue weighted by molar-refractivity contribution is 0.147. The van der Waals surface area contributed by atoms with Crippen molar-refractivity contribution in [1.29, 1.82) is 0 Å². The van der Waals surface area contributed by atoms with E-state index in [0.717, 1.165) is 53.7 Å². The minimum atomic E-state index is -0.338. The number of pyridine rings is 1. The van der Waals surface area contributed by atoms with E-state index in [9.17, 15) is 0 Å². The number of aromatic amines is 1. The molecule has 0 bridgehead atoms.